The molecule has 164 valence electrons. The number of nitrogens with one attached hydrogen (secondary N) is 2. The van der Waals surface area contributed by atoms with Gasteiger partial charge < -0.3 is 15.4 Å². The highest BCUT2D eigenvalue weighted by molar-refractivity contribution is 7.90. The first-order valence-electron chi connectivity index (χ1n) is 9.39. The van der Waals surface area contributed by atoms with Crippen LogP contribution in [0.15, 0.2) is 29.3 Å². The number of rotatable bonds is 7. The lowest BCUT2D eigenvalue weighted by Crippen LogP contribution is -2.47. The fourth-order valence-corrected chi connectivity index (χ4v) is 4.07. The normalized spacial score (nSPS) is 17.2. The number of alkyl halides is 3. The van der Waals surface area contributed by atoms with Gasteiger partial charge in [-0.15, -0.1) is 0 Å². The van der Waals surface area contributed by atoms with Gasteiger partial charge in [0.15, 0.2) is 5.96 Å². The van der Waals surface area contributed by atoms with Gasteiger partial charge in [-0.1, -0.05) is 18.2 Å². The molecular formula is C18H27F3N4O3S. The molecule has 0 amide bonds. The van der Waals surface area contributed by atoms with Gasteiger partial charge in [0.05, 0.1) is 13.7 Å². The summed E-state index contributed by atoms with van der Waals surface area (Å²) in [5, 5.41) is 6.32. The Kier molecular flexibility index (Phi) is 8.14. The van der Waals surface area contributed by atoms with E-state index in [0.717, 1.165) is 11.3 Å². The summed E-state index contributed by atoms with van der Waals surface area (Å²) in [6.45, 7) is 3.21. The smallest absolute Gasteiger partial charge is 0.496 e. The van der Waals surface area contributed by atoms with Gasteiger partial charge in [0.2, 0.25) is 0 Å². The standard InChI is InChI=1S/C18H27F3N4O3S/c1-3-22-17(24-13-15-6-4-5-7-16(15)28-2)23-12-14-8-10-25(11-9-14)29(26,27)18(19,20)21/h4-7,14H,3,8-13H2,1-2H3,(H2,22,23,24). The zero-order chi connectivity index (χ0) is 21.5. The van der Waals surface area contributed by atoms with Crippen LogP contribution in [0.25, 0.3) is 0 Å². The first-order chi connectivity index (χ1) is 13.7. The second kappa shape index (κ2) is 10.1. The van der Waals surface area contributed by atoms with E-state index in [2.05, 4.69) is 15.6 Å². The molecule has 1 saturated heterocycles. The molecule has 1 aromatic rings. The molecule has 0 bridgehead atoms. The van der Waals surface area contributed by atoms with E-state index in [1.165, 1.54) is 0 Å². The van der Waals surface area contributed by atoms with Crippen molar-refractivity contribution in [2.24, 2.45) is 10.9 Å². The van der Waals surface area contributed by atoms with Crippen LogP contribution in [0.4, 0.5) is 13.2 Å². The molecular weight excluding hydrogens is 409 g/mol. The molecule has 1 heterocycles. The minimum atomic E-state index is -5.25. The summed E-state index contributed by atoms with van der Waals surface area (Å²) in [5.74, 6) is 1.39. The summed E-state index contributed by atoms with van der Waals surface area (Å²) < 4.78 is 66.8. The molecule has 7 nitrogen and oxygen atoms in total. The van der Waals surface area contributed by atoms with Gasteiger partial charge in [-0.3, -0.25) is 0 Å². The molecule has 2 N–H and O–H groups in total. The highest BCUT2D eigenvalue weighted by Crippen LogP contribution is 2.30. The maximum Gasteiger partial charge on any atom is 0.511 e. The summed E-state index contributed by atoms with van der Waals surface area (Å²) in [7, 11) is -3.65. The number of halogens is 3. The van der Waals surface area contributed by atoms with E-state index in [0.29, 0.717) is 42.7 Å². The predicted molar refractivity (Wildman–Crippen MR) is 105 cm³/mol. The van der Waals surface area contributed by atoms with Crippen LogP contribution in [-0.4, -0.2) is 57.5 Å². The Morgan fingerprint density at radius 2 is 1.90 bits per heavy atom. The number of hydrogen-bond acceptors (Lipinski definition) is 4. The molecule has 2 rings (SSSR count). The Hall–Kier alpha value is -2.01. The van der Waals surface area contributed by atoms with E-state index in [-0.39, 0.29) is 19.0 Å². The summed E-state index contributed by atoms with van der Waals surface area (Å²) in [6, 6.07) is 7.55. The molecule has 0 atom stereocenters. The predicted octanol–water partition coefficient (Wildman–Crippen LogP) is 2.31. The van der Waals surface area contributed by atoms with E-state index in [1.54, 1.807) is 7.11 Å². The van der Waals surface area contributed by atoms with Gasteiger partial charge in [-0.05, 0) is 31.7 Å². The van der Waals surface area contributed by atoms with Gasteiger partial charge in [0.25, 0.3) is 0 Å². The third-order valence-corrected chi connectivity index (χ3v) is 6.34. The number of hydrogen-bond donors (Lipinski definition) is 2. The van der Waals surface area contributed by atoms with Crippen LogP contribution in [0.3, 0.4) is 0 Å². The number of guanidine groups is 1. The lowest BCUT2D eigenvalue weighted by atomic mass is 9.98. The molecule has 1 aliphatic heterocycles. The fourth-order valence-electron chi connectivity index (χ4n) is 3.08. The van der Waals surface area contributed by atoms with Crippen molar-refractivity contribution >= 4 is 16.0 Å². The lowest BCUT2D eigenvalue weighted by Gasteiger charge is -2.31. The quantitative estimate of drug-likeness (QED) is 0.506. The Morgan fingerprint density at radius 3 is 2.48 bits per heavy atom. The van der Waals surface area contributed by atoms with Crippen LogP contribution in [0.2, 0.25) is 0 Å². The summed E-state index contributed by atoms with van der Waals surface area (Å²) in [5.41, 5.74) is -4.32. The number of piperidine rings is 1. The average Bonchev–Trinajstić information content (AvgIpc) is 2.69. The van der Waals surface area contributed by atoms with Crippen molar-refractivity contribution in [2.75, 3.05) is 33.3 Å². The van der Waals surface area contributed by atoms with Gasteiger partial charge in [-0.25, -0.2) is 13.4 Å². The number of methoxy groups -OCH3 is 1. The van der Waals surface area contributed by atoms with Gasteiger partial charge >= 0.3 is 15.5 Å². The first-order valence-corrected chi connectivity index (χ1v) is 10.8. The Morgan fingerprint density at radius 1 is 1.24 bits per heavy atom. The Labute approximate surface area is 169 Å². The van der Waals surface area contributed by atoms with Crippen LogP contribution in [0.1, 0.15) is 25.3 Å². The third-order valence-electron chi connectivity index (χ3n) is 4.71. The van der Waals surface area contributed by atoms with E-state index in [1.807, 2.05) is 31.2 Å². The summed E-state index contributed by atoms with van der Waals surface area (Å²) >= 11 is 0. The topological polar surface area (TPSA) is 83.0 Å². The number of para-hydroxylation sites is 1. The largest absolute Gasteiger partial charge is 0.511 e. The highest BCUT2D eigenvalue weighted by Gasteiger charge is 2.50. The molecule has 0 aromatic heterocycles. The SMILES string of the molecule is CCNC(=NCc1ccccc1OC)NCC1CCN(S(=O)(=O)C(F)(F)F)CC1. The molecule has 0 radical (unpaired) electrons. The van der Waals surface area contributed by atoms with E-state index in [9.17, 15) is 21.6 Å². The zero-order valence-electron chi connectivity index (χ0n) is 16.5. The Balaban J connectivity index is 1.90. The maximum atomic E-state index is 12.7. The molecule has 1 aromatic carbocycles. The van der Waals surface area contributed by atoms with Crippen molar-refractivity contribution in [2.45, 2.75) is 31.8 Å². The molecule has 11 heteroatoms. The van der Waals surface area contributed by atoms with Crippen molar-refractivity contribution in [1.29, 1.82) is 0 Å². The number of aliphatic imine (C=N–C) groups is 1. The lowest BCUT2D eigenvalue weighted by molar-refractivity contribution is -0.0496. The molecule has 1 aliphatic rings. The van der Waals surface area contributed by atoms with Crippen molar-refractivity contribution in [3.05, 3.63) is 29.8 Å². The van der Waals surface area contributed by atoms with Gasteiger partial charge in [0.1, 0.15) is 5.75 Å². The number of ether oxygens (including phenoxy) is 1. The Bertz CT molecular complexity index is 792. The molecule has 1 fully saturated rings. The van der Waals surface area contributed by atoms with Crippen molar-refractivity contribution in [3.63, 3.8) is 0 Å². The van der Waals surface area contributed by atoms with Gasteiger partial charge in [0, 0.05) is 31.7 Å². The minimum Gasteiger partial charge on any atom is -0.496 e. The van der Waals surface area contributed by atoms with Crippen molar-refractivity contribution < 1.29 is 26.3 Å². The van der Waals surface area contributed by atoms with E-state index in [4.69, 9.17) is 4.74 Å². The summed E-state index contributed by atoms with van der Waals surface area (Å²) in [6.07, 6.45) is 0.711. The molecule has 29 heavy (non-hydrogen) atoms. The summed E-state index contributed by atoms with van der Waals surface area (Å²) in [4.78, 5) is 4.52. The highest BCUT2D eigenvalue weighted by atomic mass is 32.2. The third kappa shape index (κ3) is 6.23. The van der Waals surface area contributed by atoms with Gasteiger partial charge in [-0.2, -0.15) is 17.5 Å². The number of sulfonamides is 1. The zero-order valence-corrected chi connectivity index (χ0v) is 17.3. The molecule has 0 spiro atoms. The first kappa shape index (κ1) is 23.3. The second-order valence-corrected chi connectivity index (χ2v) is 8.61. The number of benzene rings is 1. The molecule has 0 saturated carbocycles. The van der Waals surface area contributed by atoms with E-state index >= 15 is 0 Å². The number of nitrogens with zero attached hydrogens (tertiary/aromatic N) is 2. The molecule has 0 aliphatic carbocycles. The van der Waals surface area contributed by atoms with Crippen LogP contribution >= 0.6 is 0 Å². The van der Waals surface area contributed by atoms with Crippen molar-refractivity contribution in [1.82, 2.24) is 14.9 Å². The minimum absolute atomic E-state index is 0.0600. The maximum absolute atomic E-state index is 12.7. The van der Waals surface area contributed by atoms with Crippen LogP contribution < -0.4 is 15.4 Å². The average molecular weight is 437 g/mol. The van der Waals surface area contributed by atoms with Crippen LogP contribution in [0.5, 0.6) is 5.75 Å². The monoisotopic (exact) mass is 436 g/mol. The second-order valence-electron chi connectivity index (χ2n) is 6.68. The van der Waals surface area contributed by atoms with Crippen LogP contribution in [0, 0.1) is 5.92 Å². The van der Waals surface area contributed by atoms with Crippen molar-refractivity contribution in [3.8, 4) is 5.75 Å². The fraction of sp³-hybridized carbons (Fsp3) is 0.611. The van der Waals surface area contributed by atoms with E-state index < -0.39 is 15.5 Å². The molecule has 0 unspecified atom stereocenters. The van der Waals surface area contributed by atoms with Crippen LogP contribution in [-0.2, 0) is 16.6 Å².